The summed E-state index contributed by atoms with van der Waals surface area (Å²) in [6.07, 6.45) is 0. The number of hydrogen-bond donors (Lipinski definition) is 0. The maximum Gasteiger partial charge on any atom is 0.112 e. The molecule has 28 heavy (non-hydrogen) atoms. The van der Waals surface area contributed by atoms with Gasteiger partial charge in [0.1, 0.15) is 5.69 Å². The molecule has 0 atom stereocenters. The number of halogens is 3. The molecule has 140 valence electrons. The topological polar surface area (TPSA) is 17.8 Å². The van der Waals surface area contributed by atoms with Gasteiger partial charge in [0, 0.05) is 20.1 Å². The molecular formula is C23H17Br2ClN2. The van der Waals surface area contributed by atoms with Gasteiger partial charge in [-0.05, 0) is 61.4 Å². The third kappa shape index (κ3) is 3.69. The molecule has 4 rings (SSSR count). The van der Waals surface area contributed by atoms with E-state index in [4.69, 9.17) is 16.7 Å². The van der Waals surface area contributed by atoms with Crippen LogP contribution in [0.2, 0.25) is 5.02 Å². The van der Waals surface area contributed by atoms with Gasteiger partial charge in [0.2, 0.25) is 0 Å². The number of aromatic nitrogens is 2. The highest BCUT2D eigenvalue weighted by molar-refractivity contribution is 9.10. The predicted octanol–water partition coefficient (Wildman–Crippen LogP) is 8.00. The van der Waals surface area contributed by atoms with Crippen molar-refractivity contribution >= 4 is 43.5 Å². The Morgan fingerprint density at radius 2 is 1.43 bits per heavy atom. The largest absolute Gasteiger partial charge is 0.231 e. The van der Waals surface area contributed by atoms with E-state index in [2.05, 4.69) is 76.0 Å². The van der Waals surface area contributed by atoms with Crippen molar-refractivity contribution in [2.75, 3.05) is 0 Å². The summed E-state index contributed by atoms with van der Waals surface area (Å²) in [6, 6.07) is 22.5. The molecule has 5 heteroatoms. The van der Waals surface area contributed by atoms with E-state index < -0.39 is 0 Å². The van der Waals surface area contributed by atoms with Crippen LogP contribution in [-0.4, -0.2) is 9.78 Å². The normalized spacial score (nSPS) is 11.0. The van der Waals surface area contributed by atoms with E-state index in [0.717, 1.165) is 37.1 Å². The van der Waals surface area contributed by atoms with Gasteiger partial charge in [-0.15, -0.1) is 0 Å². The highest BCUT2D eigenvalue weighted by Crippen LogP contribution is 2.39. The summed E-state index contributed by atoms with van der Waals surface area (Å²) < 4.78 is 3.93. The van der Waals surface area contributed by atoms with Crippen molar-refractivity contribution in [2.45, 2.75) is 13.8 Å². The first-order chi connectivity index (χ1) is 13.4. The number of rotatable bonds is 3. The second kappa shape index (κ2) is 7.86. The van der Waals surface area contributed by atoms with Crippen LogP contribution in [0.1, 0.15) is 11.1 Å². The second-order valence-corrected chi connectivity index (χ2v) is 8.92. The molecule has 0 radical (unpaired) electrons. The van der Waals surface area contributed by atoms with Gasteiger partial charge in [0.15, 0.2) is 0 Å². The SMILES string of the molecule is Cc1ccc(-n2nc(-c3cccc(Br)c3)c(Cl)c2-c2cccc(Br)c2)cc1C. The maximum atomic E-state index is 6.91. The Bertz CT molecular complexity index is 1180. The number of nitrogens with zero attached hydrogens (tertiary/aromatic N) is 2. The van der Waals surface area contributed by atoms with Crippen molar-refractivity contribution in [3.63, 3.8) is 0 Å². The molecular weight excluding hydrogens is 500 g/mol. The fourth-order valence-corrected chi connectivity index (χ4v) is 4.28. The van der Waals surface area contributed by atoms with Gasteiger partial charge in [-0.3, -0.25) is 0 Å². The molecule has 0 unspecified atom stereocenters. The highest BCUT2D eigenvalue weighted by atomic mass is 79.9. The van der Waals surface area contributed by atoms with Gasteiger partial charge in [-0.2, -0.15) is 5.10 Å². The number of aryl methyl sites for hydroxylation is 2. The fraction of sp³-hybridized carbons (Fsp3) is 0.0870. The van der Waals surface area contributed by atoms with Crippen LogP contribution in [0.4, 0.5) is 0 Å². The van der Waals surface area contributed by atoms with Crippen molar-refractivity contribution in [3.05, 3.63) is 91.8 Å². The van der Waals surface area contributed by atoms with Gasteiger partial charge in [-0.25, -0.2) is 4.68 Å². The van der Waals surface area contributed by atoms with Crippen molar-refractivity contribution in [1.82, 2.24) is 9.78 Å². The molecule has 1 heterocycles. The summed E-state index contributed by atoms with van der Waals surface area (Å²) in [5.74, 6) is 0. The zero-order valence-corrected chi connectivity index (χ0v) is 19.3. The van der Waals surface area contributed by atoms with Crippen LogP contribution in [0, 0.1) is 13.8 Å². The lowest BCUT2D eigenvalue weighted by atomic mass is 10.1. The van der Waals surface area contributed by atoms with Gasteiger partial charge in [0.05, 0.1) is 16.4 Å². The summed E-state index contributed by atoms with van der Waals surface area (Å²) in [5, 5.41) is 5.55. The first-order valence-electron chi connectivity index (χ1n) is 8.82. The molecule has 0 saturated carbocycles. The molecule has 1 aromatic heterocycles. The summed E-state index contributed by atoms with van der Waals surface area (Å²) >= 11 is 14.0. The molecule has 0 fully saturated rings. The Labute approximate surface area is 186 Å². The van der Waals surface area contributed by atoms with Gasteiger partial charge in [0.25, 0.3) is 0 Å². The van der Waals surface area contributed by atoms with Gasteiger partial charge >= 0.3 is 0 Å². The van der Waals surface area contributed by atoms with Crippen molar-refractivity contribution in [3.8, 4) is 28.2 Å². The summed E-state index contributed by atoms with van der Waals surface area (Å²) in [5.41, 5.74) is 7.06. The maximum absolute atomic E-state index is 6.91. The third-order valence-electron chi connectivity index (χ3n) is 4.76. The zero-order chi connectivity index (χ0) is 19.8. The molecule has 3 aromatic carbocycles. The Morgan fingerprint density at radius 3 is 2.07 bits per heavy atom. The van der Waals surface area contributed by atoms with Gasteiger partial charge in [-0.1, -0.05) is 73.8 Å². The van der Waals surface area contributed by atoms with Gasteiger partial charge < -0.3 is 0 Å². The Hall–Kier alpha value is -1.88. The van der Waals surface area contributed by atoms with E-state index in [0.29, 0.717) is 5.02 Å². The minimum absolute atomic E-state index is 0.634. The van der Waals surface area contributed by atoms with Crippen molar-refractivity contribution in [2.24, 2.45) is 0 Å². The first-order valence-corrected chi connectivity index (χ1v) is 10.8. The lowest BCUT2D eigenvalue weighted by molar-refractivity contribution is 0.889. The van der Waals surface area contributed by atoms with E-state index in [1.54, 1.807) is 0 Å². The van der Waals surface area contributed by atoms with Crippen LogP contribution >= 0.6 is 43.5 Å². The van der Waals surface area contributed by atoms with Crippen LogP contribution < -0.4 is 0 Å². The molecule has 0 N–H and O–H groups in total. The summed E-state index contributed by atoms with van der Waals surface area (Å²) in [7, 11) is 0. The van der Waals surface area contributed by atoms with E-state index in [9.17, 15) is 0 Å². The van der Waals surface area contributed by atoms with E-state index in [1.807, 2.05) is 41.1 Å². The fourth-order valence-electron chi connectivity index (χ4n) is 3.15. The molecule has 0 aliphatic carbocycles. The Kier molecular flexibility index (Phi) is 5.46. The quantitative estimate of drug-likeness (QED) is 0.270. The van der Waals surface area contributed by atoms with Crippen LogP contribution in [0.25, 0.3) is 28.2 Å². The summed E-state index contributed by atoms with van der Waals surface area (Å²) in [6.45, 7) is 4.22. The van der Waals surface area contributed by atoms with Crippen LogP contribution in [0.5, 0.6) is 0 Å². The Balaban J connectivity index is 2.00. The molecule has 0 aliphatic rings. The van der Waals surface area contributed by atoms with Crippen LogP contribution in [-0.2, 0) is 0 Å². The average molecular weight is 517 g/mol. The minimum atomic E-state index is 0.634. The smallest absolute Gasteiger partial charge is 0.112 e. The molecule has 0 saturated heterocycles. The first kappa shape index (κ1) is 19.4. The van der Waals surface area contributed by atoms with Crippen molar-refractivity contribution in [1.29, 1.82) is 0 Å². The Morgan fingerprint density at radius 1 is 0.786 bits per heavy atom. The zero-order valence-electron chi connectivity index (χ0n) is 15.4. The molecule has 0 amide bonds. The van der Waals surface area contributed by atoms with E-state index >= 15 is 0 Å². The number of benzene rings is 3. The standard InChI is InChI=1S/C23H17Br2ClN2/c1-14-9-10-20(11-15(14)2)28-23(17-6-4-8-19(25)13-17)21(26)22(27-28)16-5-3-7-18(24)12-16/h3-13H,1-2H3. The lowest BCUT2D eigenvalue weighted by Gasteiger charge is -2.10. The third-order valence-corrected chi connectivity index (χ3v) is 6.10. The van der Waals surface area contributed by atoms with Crippen LogP contribution in [0.15, 0.2) is 75.7 Å². The molecule has 4 aromatic rings. The molecule has 0 aliphatic heterocycles. The number of hydrogen-bond acceptors (Lipinski definition) is 1. The average Bonchev–Trinajstić information content (AvgIpc) is 3.01. The summed E-state index contributed by atoms with van der Waals surface area (Å²) in [4.78, 5) is 0. The van der Waals surface area contributed by atoms with E-state index in [-0.39, 0.29) is 0 Å². The molecule has 0 spiro atoms. The molecule has 0 bridgehead atoms. The molecule has 2 nitrogen and oxygen atoms in total. The van der Waals surface area contributed by atoms with Crippen molar-refractivity contribution < 1.29 is 0 Å². The monoisotopic (exact) mass is 514 g/mol. The van der Waals surface area contributed by atoms with Crippen LogP contribution in [0.3, 0.4) is 0 Å². The highest BCUT2D eigenvalue weighted by Gasteiger charge is 2.21. The lowest BCUT2D eigenvalue weighted by Crippen LogP contribution is -2.00. The second-order valence-electron chi connectivity index (χ2n) is 6.71. The van der Waals surface area contributed by atoms with E-state index in [1.165, 1.54) is 11.1 Å². The minimum Gasteiger partial charge on any atom is -0.231 e. The predicted molar refractivity (Wildman–Crippen MR) is 124 cm³/mol.